The standard InChI is InChI=1S/C13H15NO3/c1-16-9-3-4-11-10(7-9)14-12(15)13(8-17-11)5-2-6-13/h3-4,7H,2,5-6,8H2,1H3,(H,14,15). The van der Waals surface area contributed by atoms with Crippen molar-refractivity contribution in [2.75, 3.05) is 19.0 Å². The number of ether oxygens (including phenoxy) is 2. The zero-order valence-corrected chi connectivity index (χ0v) is 9.79. The van der Waals surface area contributed by atoms with Crippen molar-refractivity contribution in [1.82, 2.24) is 0 Å². The average molecular weight is 233 g/mol. The van der Waals surface area contributed by atoms with Crippen molar-refractivity contribution in [3.63, 3.8) is 0 Å². The highest BCUT2D eigenvalue weighted by Crippen LogP contribution is 2.45. The van der Waals surface area contributed by atoms with E-state index in [9.17, 15) is 4.79 Å². The summed E-state index contributed by atoms with van der Waals surface area (Å²) in [6.45, 7) is 0.484. The van der Waals surface area contributed by atoms with Crippen molar-refractivity contribution in [1.29, 1.82) is 0 Å². The summed E-state index contributed by atoms with van der Waals surface area (Å²) in [6, 6.07) is 5.47. The molecule has 1 fully saturated rings. The smallest absolute Gasteiger partial charge is 0.234 e. The number of rotatable bonds is 1. The van der Waals surface area contributed by atoms with E-state index in [1.165, 1.54) is 0 Å². The van der Waals surface area contributed by atoms with Gasteiger partial charge >= 0.3 is 0 Å². The lowest BCUT2D eigenvalue weighted by molar-refractivity contribution is -0.132. The Hall–Kier alpha value is -1.71. The van der Waals surface area contributed by atoms with Gasteiger partial charge in [-0.1, -0.05) is 6.42 Å². The molecule has 90 valence electrons. The van der Waals surface area contributed by atoms with E-state index in [4.69, 9.17) is 9.47 Å². The number of carbonyl (C=O) groups is 1. The van der Waals surface area contributed by atoms with Crippen molar-refractivity contribution in [2.24, 2.45) is 5.41 Å². The molecule has 1 amide bonds. The van der Waals surface area contributed by atoms with Crippen LogP contribution in [0, 0.1) is 5.41 Å². The molecule has 4 heteroatoms. The number of nitrogens with one attached hydrogen (secondary N) is 1. The first-order valence-electron chi connectivity index (χ1n) is 5.86. The van der Waals surface area contributed by atoms with Crippen LogP contribution in [0.5, 0.6) is 11.5 Å². The molecule has 1 aromatic rings. The van der Waals surface area contributed by atoms with Crippen molar-refractivity contribution < 1.29 is 14.3 Å². The molecule has 1 spiro atoms. The molecule has 0 atom stereocenters. The van der Waals surface area contributed by atoms with Gasteiger partial charge in [-0.05, 0) is 25.0 Å². The third-order valence-corrected chi connectivity index (χ3v) is 3.73. The number of benzene rings is 1. The number of anilines is 1. The van der Waals surface area contributed by atoms with Gasteiger partial charge in [0.1, 0.15) is 18.1 Å². The molecule has 3 rings (SSSR count). The fourth-order valence-electron chi connectivity index (χ4n) is 2.37. The lowest BCUT2D eigenvalue weighted by atomic mass is 9.69. The molecular formula is C13H15NO3. The maximum atomic E-state index is 12.1. The topological polar surface area (TPSA) is 47.6 Å². The second-order valence-corrected chi connectivity index (χ2v) is 4.74. The molecule has 1 heterocycles. The molecule has 0 radical (unpaired) electrons. The quantitative estimate of drug-likeness (QED) is 0.808. The van der Waals surface area contributed by atoms with Crippen molar-refractivity contribution in [3.05, 3.63) is 18.2 Å². The molecule has 0 aromatic heterocycles. The minimum atomic E-state index is -0.299. The zero-order chi connectivity index (χ0) is 11.9. The van der Waals surface area contributed by atoms with Crippen LogP contribution in [0.2, 0.25) is 0 Å². The van der Waals surface area contributed by atoms with E-state index in [0.717, 1.165) is 30.8 Å². The predicted molar refractivity (Wildman–Crippen MR) is 63.4 cm³/mol. The van der Waals surface area contributed by atoms with Gasteiger partial charge in [0.15, 0.2) is 0 Å². The molecule has 1 aromatic carbocycles. The summed E-state index contributed by atoms with van der Waals surface area (Å²) in [5, 5.41) is 2.95. The molecule has 1 aliphatic heterocycles. The van der Waals surface area contributed by atoms with Crippen molar-refractivity contribution >= 4 is 11.6 Å². The van der Waals surface area contributed by atoms with Gasteiger partial charge in [0.2, 0.25) is 5.91 Å². The van der Waals surface area contributed by atoms with E-state index in [1.807, 2.05) is 12.1 Å². The van der Waals surface area contributed by atoms with E-state index in [-0.39, 0.29) is 11.3 Å². The second kappa shape index (κ2) is 3.65. The summed E-state index contributed by atoms with van der Waals surface area (Å²) in [4.78, 5) is 12.1. The maximum Gasteiger partial charge on any atom is 0.234 e. The molecule has 2 aliphatic rings. The van der Waals surface area contributed by atoms with Crippen LogP contribution in [0.1, 0.15) is 19.3 Å². The van der Waals surface area contributed by atoms with Gasteiger partial charge in [-0.25, -0.2) is 0 Å². The predicted octanol–water partition coefficient (Wildman–Crippen LogP) is 2.20. The van der Waals surface area contributed by atoms with Crippen LogP contribution in [0.3, 0.4) is 0 Å². The monoisotopic (exact) mass is 233 g/mol. The Morgan fingerprint density at radius 3 is 2.88 bits per heavy atom. The molecule has 0 saturated heterocycles. The van der Waals surface area contributed by atoms with Gasteiger partial charge in [0, 0.05) is 6.07 Å². The van der Waals surface area contributed by atoms with Crippen LogP contribution in [0.4, 0.5) is 5.69 Å². The lowest BCUT2D eigenvalue weighted by Gasteiger charge is -2.37. The lowest BCUT2D eigenvalue weighted by Crippen LogP contribution is -2.45. The molecule has 1 N–H and O–H groups in total. The molecule has 1 aliphatic carbocycles. The third-order valence-electron chi connectivity index (χ3n) is 3.73. The summed E-state index contributed by atoms with van der Waals surface area (Å²) in [5.74, 6) is 1.52. The van der Waals surface area contributed by atoms with Gasteiger partial charge in [0.25, 0.3) is 0 Å². The Morgan fingerprint density at radius 1 is 1.41 bits per heavy atom. The summed E-state index contributed by atoms with van der Waals surface area (Å²) >= 11 is 0. The van der Waals surface area contributed by atoms with E-state index in [2.05, 4.69) is 5.32 Å². The number of hydrogen-bond acceptors (Lipinski definition) is 3. The minimum absolute atomic E-state index is 0.0794. The highest BCUT2D eigenvalue weighted by atomic mass is 16.5. The molecule has 1 saturated carbocycles. The first-order chi connectivity index (χ1) is 8.23. The normalized spacial score (nSPS) is 20.6. The number of methoxy groups -OCH3 is 1. The van der Waals surface area contributed by atoms with E-state index in [1.54, 1.807) is 13.2 Å². The fourth-order valence-corrected chi connectivity index (χ4v) is 2.37. The van der Waals surface area contributed by atoms with Crippen LogP contribution in [0.15, 0.2) is 18.2 Å². The largest absolute Gasteiger partial charge is 0.497 e. The van der Waals surface area contributed by atoms with Crippen LogP contribution in [0.25, 0.3) is 0 Å². The first kappa shape index (κ1) is 10.4. The molecule has 17 heavy (non-hydrogen) atoms. The summed E-state index contributed by atoms with van der Waals surface area (Å²) in [5.41, 5.74) is 0.407. The van der Waals surface area contributed by atoms with Crippen molar-refractivity contribution in [3.8, 4) is 11.5 Å². The maximum absolute atomic E-state index is 12.1. The van der Waals surface area contributed by atoms with Crippen LogP contribution in [-0.2, 0) is 4.79 Å². The van der Waals surface area contributed by atoms with Crippen LogP contribution in [-0.4, -0.2) is 19.6 Å². The summed E-state index contributed by atoms with van der Waals surface area (Å²) in [7, 11) is 1.61. The Bertz CT molecular complexity index is 466. The van der Waals surface area contributed by atoms with Gasteiger partial charge in [-0.3, -0.25) is 4.79 Å². The van der Waals surface area contributed by atoms with E-state index >= 15 is 0 Å². The second-order valence-electron chi connectivity index (χ2n) is 4.74. The van der Waals surface area contributed by atoms with Gasteiger partial charge in [0.05, 0.1) is 18.2 Å². The Kier molecular flexibility index (Phi) is 2.24. The fraction of sp³-hybridized carbons (Fsp3) is 0.462. The highest BCUT2D eigenvalue weighted by Gasteiger charge is 2.46. The average Bonchev–Trinajstić information content (AvgIpc) is 2.43. The molecule has 0 unspecified atom stereocenters. The summed E-state index contributed by atoms with van der Waals surface area (Å²) < 4.78 is 10.9. The van der Waals surface area contributed by atoms with Crippen molar-refractivity contribution in [2.45, 2.75) is 19.3 Å². The highest BCUT2D eigenvalue weighted by molar-refractivity contribution is 5.98. The zero-order valence-electron chi connectivity index (χ0n) is 9.79. The Labute approximate surface area is 99.9 Å². The van der Waals surface area contributed by atoms with Crippen LogP contribution >= 0.6 is 0 Å². The number of fused-ring (bicyclic) bond motifs is 1. The SMILES string of the molecule is COc1ccc2c(c1)NC(=O)C1(CCC1)CO2. The Balaban J connectivity index is 1.94. The van der Waals surface area contributed by atoms with Gasteiger partial charge < -0.3 is 14.8 Å². The Morgan fingerprint density at radius 2 is 2.24 bits per heavy atom. The molecule has 4 nitrogen and oxygen atoms in total. The van der Waals surface area contributed by atoms with E-state index < -0.39 is 0 Å². The third kappa shape index (κ3) is 1.55. The number of hydrogen-bond donors (Lipinski definition) is 1. The summed E-state index contributed by atoms with van der Waals surface area (Å²) in [6.07, 6.45) is 2.95. The molecule has 0 bridgehead atoms. The van der Waals surface area contributed by atoms with Gasteiger partial charge in [-0.2, -0.15) is 0 Å². The molecular weight excluding hydrogens is 218 g/mol. The number of amides is 1. The first-order valence-corrected chi connectivity index (χ1v) is 5.86. The number of carbonyl (C=O) groups excluding carboxylic acids is 1. The van der Waals surface area contributed by atoms with Gasteiger partial charge in [-0.15, -0.1) is 0 Å². The minimum Gasteiger partial charge on any atom is -0.497 e. The van der Waals surface area contributed by atoms with E-state index in [0.29, 0.717) is 12.3 Å². The van der Waals surface area contributed by atoms with Crippen LogP contribution < -0.4 is 14.8 Å².